The molecule has 7 nitrogen and oxygen atoms in total. The lowest BCUT2D eigenvalue weighted by Gasteiger charge is -2.17. The van der Waals surface area contributed by atoms with E-state index in [0.717, 1.165) is 0 Å². The topological polar surface area (TPSA) is 98.2 Å². The van der Waals surface area contributed by atoms with Crippen LogP contribution in [0.15, 0.2) is 36.7 Å². The molecule has 1 amide bonds. The number of nitrogens with one attached hydrogen (secondary N) is 1. The molecule has 0 fully saturated rings. The van der Waals surface area contributed by atoms with Crippen molar-refractivity contribution < 1.29 is 19.1 Å². The number of ketones is 1. The van der Waals surface area contributed by atoms with E-state index in [2.05, 4.69) is 15.3 Å². The molecule has 7 heteroatoms. The fraction of sp³-hybridized carbons (Fsp3) is 0.316. The third-order valence-corrected chi connectivity index (χ3v) is 3.47. The van der Waals surface area contributed by atoms with Gasteiger partial charge in [0.05, 0.1) is 11.9 Å². The van der Waals surface area contributed by atoms with E-state index >= 15 is 0 Å². The monoisotopic (exact) mass is 355 g/mol. The molecule has 1 heterocycles. The number of amides is 1. The van der Waals surface area contributed by atoms with Crippen molar-refractivity contribution in [3.05, 3.63) is 53.6 Å². The van der Waals surface area contributed by atoms with Crippen LogP contribution in [0.1, 0.15) is 47.3 Å². The number of carbonyl (C=O) groups is 3. The largest absolute Gasteiger partial charge is 0.453 e. The number of Topliss-reactive ketones (excluding diaryl/α,β-unsaturated/α-hetero) is 1. The normalized spacial score (nSPS) is 10.9. The fourth-order valence-corrected chi connectivity index (χ4v) is 1.84. The van der Waals surface area contributed by atoms with Gasteiger partial charge in [-0.3, -0.25) is 14.6 Å². The van der Waals surface area contributed by atoms with Crippen molar-refractivity contribution in [2.24, 2.45) is 5.41 Å². The molecule has 26 heavy (non-hydrogen) atoms. The summed E-state index contributed by atoms with van der Waals surface area (Å²) in [7, 11) is 0. The zero-order chi connectivity index (χ0) is 19.3. The highest BCUT2D eigenvalue weighted by atomic mass is 16.5. The van der Waals surface area contributed by atoms with E-state index in [4.69, 9.17) is 4.74 Å². The summed E-state index contributed by atoms with van der Waals surface area (Å²) >= 11 is 0. The molecule has 0 aliphatic carbocycles. The van der Waals surface area contributed by atoms with Crippen molar-refractivity contribution in [3.63, 3.8) is 0 Å². The first-order valence-electron chi connectivity index (χ1n) is 8.07. The molecule has 1 N–H and O–H groups in total. The van der Waals surface area contributed by atoms with Crippen LogP contribution < -0.4 is 5.32 Å². The molecule has 0 spiro atoms. The SMILES string of the molecule is Cc1cnc(C(=O)OCC(=O)c2ccc(NC(=O)C(C)(C)C)cc2)cn1. The number of aryl methyl sites for hydroxylation is 1. The molecule has 1 aromatic carbocycles. The second-order valence-corrected chi connectivity index (χ2v) is 6.82. The minimum absolute atomic E-state index is 0.0450. The molecule has 2 aromatic rings. The van der Waals surface area contributed by atoms with Gasteiger partial charge in [0.2, 0.25) is 5.91 Å². The quantitative estimate of drug-likeness (QED) is 0.654. The number of ether oxygens (including phenoxy) is 1. The number of esters is 1. The summed E-state index contributed by atoms with van der Waals surface area (Å²) in [6.07, 6.45) is 2.75. The van der Waals surface area contributed by atoms with Crippen molar-refractivity contribution in [3.8, 4) is 0 Å². The summed E-state index contributed by atoms with van der Waals surface area (Å²) in [4.78, 5) is 43.8. The fourth-order valence-electron chi connectivity index (χ4n) is 1.84. The van der Waals surface area contributed by atoms with Crippen LogP contribution >= 0.6 is 0 Å². The van der Waals surface area contributed by atoms with Gasteiger partial charge < -0.3 is 10.1 Å². The zero-order valence-electron chi connectivity index (χ0n) is 15.2. The van der Waals surface area contributed by atoms with Gasteiger partial charge in [0.15, 0.2) is 18.1 Å². The second-order valence-electron chi connectivity index (χ2n) is 6.82. The van der Waals surface area contributed by atoms with Crippen LogP contribution in [0.3, 0.4) is 0 Å². The van der Waals surface area contributed by atoms with E-state index < -0.39 is 18.0 Å². The smallest absolute Gasteiger partial charge is 0.358 e. The number of carbonyl (C=O) groups excluding carboxylic acids is 3. The molecule has 0 saturated carbocycles. The number of rotatable bonds is 5. The highest BCUT2D eigenvalue weighted by Gasteiger charge is 2.21. The lowest BCUT2D eigenvalue weighted by atomic mass is 9.95. The third-order valence-electron chi connectivity index (χ3n) is 3.47. The van der Waals surface area contributed by atoms with Crippen LogP contribution in [-0.2, 0) is 9.53 Å². The van der Waals surface area contributed by atoms with Crippen molar-refractivity contribution in [1.82, 2.24) is 9.97 Å². The highest BCUT2D eigenvalue weighted by molar-refractivity contribution is 6.00. The minimum Gasteiger partial charge on any atom is -0.453 e. The summed E-state index contributed by atoms with van der Waals surface area (Å²) in [6.45, 7) is 6.79. The Kier molecular flexibility index (Phi) is 5.82. The Morgan fingerprint density at radius 2 is 1.69 bits per heavy atom. The molecule has 0 unspecified atom stereocenters. The van der Waals surface area contributed by atoms with Gasteiger partial charge in [-0.05, 0) is 31.2 Å². The highest BCUT2D eigenvalue weighted by Crippen LogP contribution is 2.18. The van der Waals surface area contributed by atoms with Gasteiger partial charge in [0, 0.05) is 22.9 Å². The Morgan fingerprint density at radius 1 is 1.04 bits per heavy atom. The van der Waals surface area contributed by atoms with Crippen molar-refractivity contribution in [2.75, 3.05) is 11.9 Å². The number of nitrogens with zero attached hydrogens (tertiary/aromatic N) is 2. The average Bonchev–Trinajstić information content (AvgIpc) is 2.59. The first-order valence-corrected chi connectivity index (χ1v) is 8.07. The van der Waals surface area contributed by atoms with Crippen LogP contribution in [0.25, 0.3) is 0 Å². The van der Waals surface area contributed by atoms with E-state index in [1.165, 1.54) is 12.4 Å². The maximum Gasteiger partial charge on any atom is 0.358 e. The van der Waals surface area contributed by atoms with Crippen LogP contribution in [-0.4, -0.2) is 34.2 Å². The molecule has 2 rings (SSSR count). The van der Waals surface area contributed by atoms with Crippen LogP contribution in [0, 0.1) is 12.3 Å². The van der Waals surface area contributed by atoms with Gasteiger partial charge in [-0.25, -0.2) is 9.78 Å². The van der Waals surface area contributed by atoms with Crippen LogP contribution in [0.2, 0.25) is 0 Å². The van der Waals surface area contributed by atoms with Gasteiger partial charge in [-0.2, -0.15) is 0 Å². The van der Waals surface area contributed by atoms with Crippen molar-refractivity contribution in [2.45, 2.75) is 27.7 Å². The van der Waals surface area contributed by atoms with E-state index in [1.54, 1.807) is 31.2 Å². The van der Waals surface area contributed by atoms with Crippen LogP contribution in [0.5, 0.6) is 0 Å². The number of hydrogen-bond acceptors (Lipinski definition) is 6. The first kappa shape index (κ1) is 19.2. The Bertz CT molecular complexity index is 806. The first-order chi connectivity index (χ1) is 12.2. The van der Waals surface area contributed by atoms with Gasteiger partial charge in [-0.1, -0.05) is 20.8 Å². The molecule has 0 atom stereocenters. The lowest BCUT2D eigenvalue weighted by molar-refractivity contribution is -0.123. The standard InChI is InChI=1S/C19H21N3O4/c1-12-9-21-15(10-20-12)17(24)26-11-16(23)13-5-7-14(8-6-13)22-18(25)19(2,3)4/h5-10H,11H2,1-4H3,(H,22,25). The summed E-state index contributed by atoms with van der Waals surface area (Å²) in [5.74, 6) is -1.18. The molecule has 1 aromatic heterocycles. The maximum absolute atomic E-state index is 12.1. The van der Waals surface area contributed by atoms with Gasteiger partial charge in [0.1, 0.15) is 0 Å². The maximum atomic E-state index is 12.1. The van der Waals surface area contributed by atoms with Crippen molar-refractivity contribution >= 4 is 23.3 Å². The lowest BCUT2D eigenvalue weighted by Crippen LogP contribution is -2.27. The van der Waals surface area contributed by atoms with E-state index in [1.807, 2.05) is 20.8 Å². The van der Waals surface area contributed by atoms with Crippen LogP contribution in [0.4, 0.5) is 5.69 Å². The molecule has 0 aliphatic rings. The summed E-state index contributed by atoms with van der Waals surface area (Å²) in [5.41, 5.74) is 1.18. The Labute approximate surface area is 151 Å². The molecular formula is C19H21N3O4. The van der Waals surface area contributed by atoms with E-state index in [-0.39, 0.29) is 17.4 Å². The number of hydrogen-bond donors (Lipinski definition) is 1. The predicted octanol–water partition coefficient (Wildman–Crippen LogP) is 2.81. The minimum atomic E-state index is -0.708. The summed E-state index contributed by atoms with van der Waals surface area (Å²) in [6, 6.07) is 6.40. The molecule has 0 saturated heterocycles. The molecule has 0 bridgehead atoms. The predicted molar refractivity (Wildman–Crippen MR) is 95.9 cm³/mol. The molecular weight excluding hydrogens is 334 g/mol. The van der Waals surface area contributed by atoms with Gasteiger partial charge in [-0.15, -0.1) is 0 Å². The molecule has 136 valence electrons. The van der Waals surface area contributed by atoms with E-state index in [9.17, 15) is 14.4 Å². The third kappa shape index (κ3) is 5.20. The molecule has 0 radical (unpaired) electrons. The average molecular weight is 355 g/mol. The summed E-state index contributed by atoms with van der Waals surface area (Å²) in [5, 5.41) is 2.77. The number of aromatic nitrogens is 2. The van der Waals surface area contributed by atoms with Crippen molar-refractivity contribution in [1.29, 1.82) is 0 Å². The Balaban J connectivity index is 1.92. The Morgan fingerprint density at radius 3 is 2.23 bits per heavy atom. The number of benzene rings is 1. The Hall–Kier alpha value is -3.09. The second kappa shape index (κ2) is 7.86. The summed E-state index contributed by atoms with van der Waals surface area (Å²) < 4.78 is 4.96. The van der Waals surface area contributed by atoms with Gasteiger partial charge in [0.25, 0.3) is 0 Å². The molecule has 0 aliphatic heterocycles. The number of anilines is 1. The zero-order valence-corrected chi connectivity index (χ0v) is 15.2. The van der Waals surface area contributed by atoms with E-state index in [0.29, 0.717) is 16.9 Å². The van der Waals surface area contributed by atoms with Gasteiger partial charge >= 0.3 is 5.97 Å².